The van der Waals surface area contributed by atoms with E-state index in [1.807, 2.05) is 0 Å². The van der Waals surface area contributed by atoms with Crippen molar-refractivity contribution in [3.63, 3.8) is 0 Å². The van der Waals surface area contributed by atoms with Gasteiger partial charge in [0.2, 0.25) is 0 Å². The minimum atomic E-state index is -0.767. The highest BCUT2D eigenvalue weighted by Crippen LogP contribution is 2.21. The van der Waals surface area contributed by atoms with Gasteiger partial charge in [0.15, 0.2) is 6.10 Å². The summed E-state index contributed by atoms with van der Waals surface area (Å²) in [6.07, 6.45) is 103. The second kappa shape index (κ2) is 78.9. The lowest BCUT2D eigenvalue weighted by atomic mass is 10.0. The van der Waals surface area contributed by atoms with E-state index in [1.165, 1.54) is 424 Å². The van der Waals surface area contributed by atoms with E-state index in [0.29, 0.717) is 12.8 Å². The van der Waals surface area contributed by atoms with Gasteiger partial charge in [-0.15, -0.1) is 0 Å². The van der Waals surface area contributed by atoms with E-state index in [1.54, 1.807) is 0 Å². The highest BCUT2D eigenvalue weighted by molar-refractivity contribution is 5.70. The molecule has 0 saturated heterocycles. The Labute approximate surface area is 547 Å². The summed E-state index contributed by atoms with van der Waals surface area (Å²) in [5.74, 6) is -0.557. The van der Waals surface area contributed by atoms with Crippen molar-refractivity contribution in [1.82, 2.24) is 0 Å². The first kappa shape index (κ1) is 85.6. The molecule has 0 amide bonds. The number of aliphatic hydroxyl groups excluding tert-OH is 1. The van der Waals surface area contributed by atoms with Crippen molar-refractivity contribution in [2.24, 2.45) is 0 Å². The number of hydrogen-bond acceptors (Lipinski definition) is 5. The summed E-state index contributed by atoms with van der Waals surface area (Å²) in [5.41, 5.74) is 0. The number of ether oxygens (including phenoxy) is 2. The Hall–Kier alpha value is -1.36. The van der Waals surface area contributed by atoms with Crippen LogP contribution in [0.3, 0.4) is 0 Å². The van der Waals surface area contributed by atoms with E-state index in [4.69, 9.17) is 9.47 Å². The quantitative estimate of drug-likeness (QED) is 0.0373. The van der Waals surface area contributed by atoms with Crippen LogP contribution in [0.1, 0.15) is 483 Å². The maximum atomic E-state index is 12.4. The first-order valence-corrected chi connectivity index (χ1v) is 40.7. The van der Waals surface area contributed by atoms with Crippen molar-refractivity contribution in [1.29, 1.82) is 0 Å². The maximum absolute atomic E-state index is 12.4. The van der Waals surface area contributed by atoms with E-state index < -0.39 is 6.10 Å². The van der Waals surface area contributed by atoms with Crippen LogP contribution in [-0.4, -0.2) is 36.4 Å². The third-order valence-electron chi connectivity index (χ3n) is 19.3. The van der Waals surface area contributed by atoms with E-state index in [2.05, 4.69) is 26.0 Å². The van der Waals surface area contributed by atoms with Crippen LogP contribution in [0.25, 0.3) is 0 Å². The zero-order chi connectivity index (χ0) is 62.6. The molecule has 0 fully saturated rings. The van der Waals surface area contributed by atoms with Gasteiger partial charge in [0.1, 0.15) is 6.61 Å². The molecule has 0 spiro atoms. The van der Waals surface area contributed by atoms with Crippen LogP contribution in [0.5, 0.6) is 0 Å². The van der Waals surface area contributed by atoms with Gasteiger partial charge in [-0.1, -0.05) is 443 Å². The van der Waals surface area contributed by atoms with Gasteiger partial charge in [-0.05, 0) is 38.5 Å². The fraction of sp³-hybridized carbons (Fsp3) is 0.951. The highest BCUT2D eigenvalue weighted by Gasteiger charge is 2.16. The van der Waals surface area contributed by atoms with E-state index >= 15 is 0 Å². The molecule has 518 valence electrons. The van der Waals surface area contributed by atoms with E-state index in [0.717, 1.165) is 32.1 Å². The smallest absolute Gasteiger partial charge is 0.306 e. The van der Waals surface area contributed by atoms with Gasteiger partial charge in [0.05, 0.1) is 6.61 Å². The fourth-order valence-electron chi connectivity index (χ4n) is 13.2. The average Bonchev–Trinajstić information content (AvgIpc) is 3.53. The number of esters is 2. The van der Waals surface area contributed by atoms with Crippen LogP contribution in [0.4, 0.5) is 0 Å². The summed E-state index contributed by atoms with van der Waals surface area (Å²) in [4.78, 5) is 24.7. The zero-order valence-corrected chi connectivity index (χ0v) is 59.8. The van der Waals surface area contributed by atoms with Crippen LogP contribution in [0.2, 0.25) is 0 Å². The van der Waals surface area contributed by atoms with Crippen LogP contribution in [-0.2, 0) is 19.1 Å². The molecule has 0 aliphatic rings. The number of rotatable bonds is 78. The minimum absolute atomic E-state index is 0.0558. The summed E-state index contributed by atoms with van der Waals surface area (Å²) < 4.78 is 10.8. The molecule has 87 heavy (non-hydrogen) atoms. The Morgan fingerprint density at radius 2 is 0.425 bits per heavy atom. The molecule has 0 aromatic carbocycles. The molecule has 1 atom stereocenters. The van der Waals surface area contributed by atoms with Gasteiger partial charge in [-0.3, -0.25) is 9.59 Å². The average molecular weight is 1230 g/mol. The maximum Gasteiger partial charge on any atom is 0.306 e. The van der Waals surface area contributed by atoms with Crippen LogP contribution in [0.15, 0.2) is 12.2 Å². The molecule has 0 bridgehead atoms. The van der Waals surface area contributed by atoms with Crippen LogP contribution >= 0.6 is 0 Å². The summed E-state index contributed by atoms with van der Waals surface area (Å²) >= 11 is 0. The lowest BCUT2D eigenvalue weighted by Crippen LogP contribution is -2.28. The lowest BCUT2D eigenvalue weighted by molar-refractivity contribution is -0.161. The molecule has 0 aromatic rings. The Morgan fingerprint density at radius 1 is 0.253 bits per heavy atom. The second-order valence-electron chi connectivity index (χ2n) is 28.2. The molecule has 0 aliphatic carbocycles. The van der Waals surface area contributed by atoms with Crippen LogP contribution in [0, 0.1) is 0 Å². The second-order valence-corrected chi connectivity index (χ2v) is 28.2. The molecule has 5 nitrogen and oxygen atoms in total. The van der Waals surface area contributed by atoms with Gasteiger partial charge in [-0.2, -0.15) is 0 Å². The zero-order valence-electron chi connectivity index (χ0n) is 59.8. The molecule has 0 rings (SSSR count). The molecule has 5 heteroatoms. The third-order valence-corrected chi connectivity index (χ3v) is 19.3. The largest absolute Gasteiger partial charge is 0.462 e. The monoisotopic (exact) mass is 1230 g/mol. The standard InChI is InChI=1S/C82H160O5/c1-3-5-7-9-11-13-15-17-19-21-23-25-27-29-31-33-35-37-38-39-40-41-42-43-44-45-47-49-51-53-55-57-59-61-63-65-67-69-71-73-75-77-82(85)87-80(78-83)79-86-81(84)76-74-72-70-68-66-64-62-60-58-56-54-52-50-48-46-36-34-32-30-28-26-24-22-20-18-16-14-12-10-8-6-4-2/h21,23,80,83H,3-20,22,24-79H2,1-2H3/b23-21-. The topological polar surface area (TPSA) is 72.8 Å². The fourth-order valence-corrected chi connectivity index (χ4v) is 13.2. The predicted molar refractivity (Wildman–Crippen MR) is 385 cm³/mol. The number of carbonyl (C=O) groups is 2. The van der Waals surface area contributed by atoms with Crippen molar-refractivity contribution in [2.45, 2.75) is 489 Å². The van der Waals surface area contributed by atoms with Gasteiger partial charge in [-0.25, -0.2) is 0 Å². The van der Waals surface area contributed by atoms with Gasteiger partial charge in [0, 0.05) is 12.8 Å². The molecule has 0 saturated carbocycles. The molecule has 1 N–H and O–H groups in total. The third kappa shape index (κ3) is 77.0. The summed E-state index contributed by atoms with van der Waals surface area (Å²) in [5, 5.41) is 9.73. The minimum Gasteiger partial charge on any atom is -0.462 e. The van der Waals surface area contributed by atoms with Gasteiger partial charge >= 0.3 is 11.9 Å². The number of allylic oxidation sites excluding steroid dienone is 2. The van der Waals surface area contributed by atoms with E-state index in [-0.39, 0.29) is 25.2 Å². The summed E-state index contributed by atoms with van der Waals surface area (Å²) in [7, 11) is 0. The molecule has 0 heterocycles. The molecule has 0 aliphatic heterocycles. The van der Waals surface area contributed by atoms with Gasteiger partial charge in [0.25, 0.3) is 0 Å². The summed E-state index contributed by atoms with van der Waals surface area (Å²) in [6, 6.07) is 0. The lowest BCUT2D eigenvalue weighted by Gasteiger charge is -2.15. The van der Waals surface area contributed by atoms with E-state index in [9.17, 15) is 14.7 Å². The Kier molecular flexibility index (Phi) is 77.6. The van der Waals surface area contributed by atoms with Crippen molar-refractivity contribution in [3.05, 3.63) is 12.2 Å². The molecular weight excluding hydrogens is 1060 g/mol. The SMILES string of the molecule is CCCCCCCCCC/C=C\CCCCCCCCCCCCCCCCCCCCCCCCCCCCCCCC(=O)OC(CO)COC(=O)CCCCCCCCCCCCCCCCCCCCCCCCCCCCCCCCCC. The van der Waals surface area contributed by atoms with Crippen LogP contribution < -0.4 is 0 Å². The first-order chi connectivity index (χ1) is 43.1. The number of unbranched alkanes of at least 4 members (excludes halogenated alkanes) is 68. The molecule has 1 unspecified atom stereocenters. The van der Waals surface area contributed by atoms with Crippen molar-refractivity contribution >= 4 is 11.9 Å². The molecule has 0 aromatic heterocycles. The Balaban J connectivity index is 3.33. The number of carbonyl (C=O) groups excluding carboxylic acids is 2. The van der Waals surface area contributed by atoms with Crippen molar-refractivity contribution in [3.8, 4) is 0 Å². The predicted octanol–water partition coefficient (Wildman–Crippen LogP) is 28.5. The number of aliphatic hydroxyl groups is 1. The Bertz CT molecular complexity index is 1300. The van der Waals surface area contributed by atoms with Gasteiger partial charge < -0.3 is 14.6 Å². The molecular formula is C82H160O5. The van der Waals surface area contributed by atoms with Crippen molar-refractivity contribution < 1.29 is 24.2 Å². The number of hydrogen-bond donors (Lipinski definition) is 1. The summed E-state index contributed by atoms with van der Waals surface area (Å²) in [6.45, 7) is 4.23. The van der Waals surface area contributed by atoms with Crippen molar-refractivity contribution in [2.75, 3.05) is 13.2 Å². The first-order valence-electron chi connectivity index (χ1n) is 40.7. The Morgan fingerprint density at radius 3 is 0.621 bits per heavy atom. The highest BCUT2D eigenvalue weighted by atomic mass is 16.6. The molecule has 0 radical (unpaired) electrons. The normalized spacial score (nSPS) is 12.1.